The van der Waals surface area contributed by atoms with Gasteiger partial charge in [0.2, 0.25) is 0 Å². The van der Waals surface area contributed by atoms with Crippen molar-refractivity contribution in [3.63, 3.8) is 0 Å². The summed E-state index contributed by atoms with van der Waals surface area (Å²) in [4.78, 5) is 15.4. The zero-order chi connectivity index (χ0) is 18.0. The molecule has 0 aliphatic rings. The fourth-order valence-electron chi connectivity index (χ4n) is 2.51. The third kappa shape index (κ3) is 3.64. The number of aliphatic imine (C=N–C) groups is 1. The second-order valence-electron chi connectivity index (χ2n) is 5.68. The number of aryl methyl sites for hydroxylation is 1. The Bertz CT molecular complexity index is 973. The van der Waals surface area contributed by atoms with Crippen LogP contribution in [-0.2, 0) is 0 Å². The van der Waals surface area contributed by atoms with Crippen LogP contribution >= 0.6 is 11.6 Å². The fourth-order valence-corrected chi connectivity index (χ4v) is 2.68. The lowest BCUT2D eigenvalue weighted by atomic mass is 10.0. The topological polar surface area (TPSA) is 62.8 Å². The molecule has 3 rings (SSSR count). The summed E-state index contributed by atoms with van der Waals surface area (Å²) in [6.45, 7) is 3.77. The number of benzene rings is 2. The van der Waals surface area contributed by atoms with Crippen LogP contribution in [0.5, 0.6) is 0 Å². The molecule has 126 valence electrons. The van der Waals surface area contributed by atoms with Gasteiger partial charge in [-0.3, -0.25) is 4.99 Å². The first-order chi connectivity index (χ1) is 12.0. The van der Waals surface area contributed by atoms with Crippen LogP contribution in [0.2, 0.25) is 5.02 Å². The summed E-state index contributed by atoms with van der Waals surface area (Å²) < 4.78 is 5.81. The van der Waals surface area contributed by atoms with Crippen molar-refractivity contribution in [2.24, 2.45) is 4.99 Å². The van der Waals surface area contributed by atoms with E-state index in [9.17, 15) is 4.79 Å². The molecule has 25 heavy (non-hydrogen) atoms. The SMILES string of the molecule is Cc1cc(C(=O)O)ccc1-c1ccc(C=Nc2cccc(Cl)c2C)o1. The number of nitrogens with zero attached hydrogens (tertiary/aromatic N) is 1. The Morgan fingerprint density at radius 3 is 2.68 bits per heavy atom. The molecule has 3 aromatic rings. The van der Waals surface area contributed by atoms with Crippen LogP contribution in [0.3, 0.4) is 0 Å². The van der Waals surface area contributed by atoms with Crippen molar-refractivity contribution in [2.75, 3.05) is 0 Å². The maximum atomic E-state index is 11.0. The molecule has 0 aliphatic carbocycles. The van der Waals surface area contributed by atoms with Gasteiger partial charge >= 0.3 is 5.97 Å². The molecule has 0 amide bonds. The molecular formula is C20H16ClNO3. The Labute approximate surface area is 150 Å². The minimum atomic E-state index is -0.946. The minimum absolute atomic E-state index is 0.256. The molecule has 5 heteroatoms. The summed E-state index contributed by atoms with van der Waals surface area (Å²) >= 11 is 6.09. The lowest BCUT2D eigenvalue weighted by molar-refractivity contribution is 0.0697. The summed E-state index contributed by atoms with van der Waals surface area (Å²) in [5.74, 6) is 0.327. The van der Waals surface area contributed by atoms with E-state index in [2.05, 4.69) is 4.99 Å². The molecule has 2 aromatic carbocycles. The zero-order valence-electron chi connectivity index (χ0n) is 13.8. The fraction of sp³-hybridized carbons (Fsp3) is 0.100. The second kappa shape index (κ2) is 6.95. The quantitative estimate of drug-likeness (QED) is 0.615. The number of aromatic carboxylic acids is 1. The highest BCUT2D eigenvalue weighted by Crippen LogP contribution is 2.28. The Hall–Kier alpha value is -2.85. The van der Waals surface area contributed by atoms with E-state index in [1.165, 1.54) is 0 Å². The van der Waals surface area contributed by atoms with Crippen LogP contribution in [0, 0.1) is 13.8 Å². The van der Waals surface area contributed by atoms with Crippen molar-refractivity contribution in [3.8, 4) is 11.3 Å². The Morgan fingerprint density at radius 2 is 1.96 bits per heavy atom. The molecule has 1 N–H and O–H groups in total. The summed E-state index contributed by atoms with van der Waals surface area (Å²) in [7, 11) is 0. The molecule has 0 saturated heterocycles. The molecule has 4 nitrogen and oxygen atoms in total. The van der Waals surface area contributed by atoms with E-state index in [1.807, 2.05) is 44.2 Å². The number of hydrogen-bond acceptors (Lipinski definition) is 3. The van der Waals surface area contributed by atoms with Gasteiger partial charge in [0.1, 0.15) is 11.5 Å². The number of halogens is 1. The molecule has 1 heterocycles. The van der Waals surface area contributed by atoms with Gasteiger partial charge in [-0.15, -0.1) is 0 Å². The van der Waals surface area contributed by atoms with E-state index < -0.39 is 5.97 Å². The zero-order valence-corrected chi connectivity index (χ0v) is 14.5. The van der Waals surface area contributed by atoms with Crippen molar-refractivity contribution in [1.29, 1.82) is 0 Å². The van der Waals surface area contributed by atoms with Crippen molar-refractivity contribution >= 4 is 29.5 Å². The van der Waals surface area contributed by atoms with E-state index in [0.29, 0.717) is 16.5 Å². The maximum absolute atomic E-state index is 11.0. The van der Waals surface area contributed by atoms with Gasteiger partial charge in [0.25, 0.3) is 0 Å². The highest BCUT2D eigenvalue weighted by Gasteiger charge is 2.10. The molecule has 0 fully saturated rings. The normalized spacial score (nSPS) is 11.2. The maximum Gasteiger partial charge on any atom is 0.335 e. The molecule has 0 spiro atoms. The van der Waals surface area contributed by atoms with E-state index >= 15 is 0 Å². The second-order valence-corrected chi connectivity index (χ2v) is 6.09. The molecule has 0 unspecified atom stereocenters. The van der Waals surface area contributed by atoms with Crippen LogP contribution in [-0.4, -0.2) is 17.3 Å². The first-order valence-corrected chi connectivity index (χ1v) is 8.07. The lowest BCUT2D eigenvalue weighted by Gasteiger charge is -2.04. The number of hydrogen-bond donors (Lipinski definition) is 1. The Kier molecular flexibility index (Phi) is 4.72. The van der Waals surface area contributed by atoms with Gasteiger partial charge in [-0.1, -0.05) is 23.7 Å². The largest absolute Gasteiger partial charge is 0.478 e. The van der Waals surface area contributed by atoms with E-state index in [-0.39, 0.29) is 5.56 Å². The van der Waals surface area contributed by atoms with Gasteiger partial charge in [-0.05, 0) is 61.4 Å². The number of carbonyl (C=O) groups is 1. The van der Waals surface area contributed by atoms with Crippen LogP contribution in [0.4, 0.5) is 5.69 Å². The highest BCUT2D eigenvalue weighted by molar-refractivity contribution is 6.31. The predicted octanol–water partition coefficient (Wildman–Crippen LogP) is 5.67. The minimum Gasteiger partial charge on any atom is -0.478 e. The summed E-state index contributed by atoms with van der Waals surface area (Å²) in [6, 6.07) is 14.2. The average molecular weight is 354 g/mol. The van der Waals surface area contributed by atoms with Crippen molar-refractivity contribution < 1.29 is 14.3 Å². The predicted molar refractivity (Wildman–Crippen MR) is 99.3 cm³/mol. The van der Waals surface area contributed by atoms with Crippen molar-refractivity contribution in [3.05, 3.63) is 76.0 Å². The first kappa shape index (κ1) is 17.0. The summed E-state index contributed by atoms with van der Waals surface area (Å²) in [5.41, 5.74) is 3.64. The molecule has 0 atom stereocenters. The number of rotatable bonds is 4. The summed E-state index contributed by atoms with van der Waals surface area (Å²) in [5, 5.41) is 9.71. The van der Waals surface area contributed by atoms with Crippen LogP contribution in [0.15, 0.2) is 57.9 Å². The summed E-state index contributed by atoms with van der Waals surface area (Å²) in [6.07, 6.45) is 1.64. The number of furan rings is 1. The lowest BCUT2D eigenvalue weighted by Crippen LogP contribution is -1.96. The molecule has 0 aliphatic heterocycles. The van der Waals surface area contributed by atoms with Crippen molar-refractivity contribution in [2.45, 2.75) is 13.8 Å². The van der Waals surface area contributed by atoms with Gasteiger partial charge in [0.05, 0.1) is 17.5 Å². The van der Waals surface area contributed by atoms with Gasteiger partial charge in [-0.25, -0.2) is 4.79 Å². The smallest absolute Gasteiger partial charge is 0.335 e. The third-order valence-electron chi connectivity index (χ3n) is 3.94. The number of carboxylic acids is 1. The molecule has 0 radical (unpaired) electrons. The van der Waals surface area contributed by atoms with Gasteiger partial charge < -0.3 is 9.52 Å². The van der Waals surface area contributed by atoms with Crippen LogP contribution in [0.25, 0.3) is 11.3 Å². The van der Waals surface area contributed by atoms with E-state index in [0.717, 1.165) is 22.4 Å². The van der Waals surface area contributed by atoms with Crippen LogP contribution < -0.4 is 0 Å². The molecule has 0 bridgehead atoms. The van der Waals surface area contributed by atoms with Crippen LogP contribution in [0.1, 0.15) is 27.2 Å². The Morgan fingerprint density at radius 1 is 1.16 bits per heavy atom. The Balaban J connectivity index is 1.87. The van der Waals surface area contributed by atoms with Gasteiger partial charge in [0.15, 0.2) is 0 Å². The number of carboxylic acid groups (broad SMARTS) is 1. The van der Waals surface area contributed by atoms with Gasteiger partial charge in [-0.2, -0.15) is 0 Å². The third-order valence-corrected chi connectivity index (χ3v) is 4.35. The van der Waals surface area contributed by atoms with E-state index in [1.54, 1.807) is 24.4 Å². The first-order valence-electron chi connectivity index (χ1n) is 7.69. The van der Waals surface area contributed by atoms with Gasteiger partial charge in [0, 0.05) is 10.6 Å². The average Bonchev–Trinajstić information content (AvgIpc) is 3.04. The highest BCUT2D eigenvalue weighted by atomic mass is 35.5. The van der Waals surface area contributed by atoms with Crippen molar-refractivity contribution in [1.82, 2.24) is 0 Å². The monoisotopic (exact) mass is 353 g/mol. The molecular weight excluding hydrogens is 338 g/mol. The standard InChI is InChI=1S/C20H16ClNO3/c1-12-10-14(20(23)24)6-8-16(12)19-9-7-15(25-19)11-22-18-5-3-4-17(21)13(18)2/h3-11H,1-2H3,(H,23,24). The molecule has 0 saturated carbocycles. The van der Waals surface area contributed by atoms with E-state index in [4.69, 9.17) is 21.1 Å². The molecule has 1 aromatic heterocycles.